The van der Waals surface area contributed by atoms with E-state index in [2.05, 4.69) is 19.2 Å². The van der Waals surface area contributed by atoms with E-state index in [1.165, 1.54) is 0 Å². The van der Waals surface area contributed by atoms with E-state index in [-0.39, 0.29) is 11.8 Å². The molecule has 0 saturated heterocycles. The van der Waals surface area contributed by atoms with Gasteiger partial charge in [0.1, 0.15) is 5.75 Å². The number of hydrogen-bond donors (Lipinski definition) is 3. The number of benzene rings is 1. The Bertz CT molecular complexity index is 312. The van der Waals surface area contributed by atoms with Crippen molar-refractivity contribution < 1.29 is 5.11 Å². The second-order valence-corrected chi connectivity index (χ2v) is 3.33. The number of phenolic OH excluding ortho intramolecular Hbond substituents is 1. The standard InChI is InChI=1S/C10H13NOS/c1-2-4-8(11)7-5-3-6-9(13)10(7)12/h2-3,5-6,8,12-13H,1,4,11H2/t8-/m1/s1. The summed E-state index contributed by atoms with van der Waals surface area (Å²) >= 11 is 4.10. The summed E-state index contributed by atoms with van der Waals surface area (Å²) in [5.74, 6) is 0.167. The Morgan fingerprint density at radius 1 is 1.62 bits per heavy atom. The van der Waals surface area contributed by atoms with Gasteiger partial charge >= 0.3 is 0 Å². The Hall–Kier alpha value is -0.930. The maximum atomic E-state index is 9.60. The summed E-state index contributed by atoms with van der Waals surface area (Å²) in [6.45, 7) is 3.60. The van der Waals surface area contributed by atoms with Gasteiger partial charge in [-0.05, 0) is 12.5 Å². The normalized spacial score (nSPS) is 12.5. The molecule has 3 heteroatoms. The molecule has 0 spiro atoms. The lowest BCUT2D eigenvalue weighted by Crippen LogP contribution is -2.09. The molecule has 0 radical (unpaired) electrons. The van der Waals surface area contributed by atoms with Crippen molar-refractivity contribution in [2.45, 2.75) is 17.4 Å². The van der Waals surface area contributed by atoms with E-state index < -0.39 is 0 Å². The van der Waals surface area contributed by atoms with E-state index in [1.54, 1.807) is 18.2 Å². The van der Waals surface area contributed by atoms with E-state index in [0.717, 1.165) is 0 Å². The molecule has 1 atom stereocenters. The average Bonchev–Trinajstić information content (AvgIpc) is 2.10. The maximum absolute atomic E-state index is 9.60. The average molecular weight is 195 g/mol. The third-order valence-electron chi connectivity index (χ3n) is 1.87. The fraction of sp³-hybridized carbons (Fsp3) is 0.200. The highest BCUT2D eigenvalue weighted by Crippen LogP contribution is 2.30. The fourth-order valence-corrected chi connectivity index (χ4v) is 1.37. The van der Waals surface area contributed by atoms with Gasteiger partial charge in [0.2, 0.25) is 0 Å². The summed E-state index contributed by atoms with van der Waals surface area (Å²) in [5, 5.41) is 9.60. The zero-order valence-corrected chi connectivity index (χ0v) is 8.17. The number of nitrogens with two attached hydrogens (primary N) is 1. The Balaban J connectivity index is 3.00. The van der Waals surface area contributed by atoms with E-state index in [9.17, 15) is 5.11 Å². The van der Waals surface area contributed by atoms with Crippen LogP contribution in [0.3, 0.4) is 0 Å². The van der Waals surface area contributed by atoms with Gasteiger partial charge in [0.25, 0.3) is 0 Å². The zero-order valence-electron chi connectivity index (χ0n) is 7.27. The summed E-state index contributed by atoms with van der Waals surface area (Å²) < 4.78 is 0. The molecule has 13 heavy (non-hydrogen) atoms. The van der Waals surface area contributed by atoms with Gasteiger partial charge in [-0.15, -0.1) is 19.2 Å². The van der Waals surface area contributed by atoms with Crippen molar-refractivity contribution in [2.75, 3.05) is 0 Å². The highest BCUT2D eigenvalue weighted by Gasteiger charge is 2.10. The third-order valence-corrected chi connectivity index (χ3v) is 2.23. The van der Waals surface area contributed by atoms with Gasteiger partial charge in [0.05, 0.1) is 0 Å². The summed E-state index contributed by atoms with van der Waals surface area (Å²) in [7, 11) is 0. The van der Waals surface area contributed by atoms with Gasteiger partial charge < -0.3 is 10.8 Å². The first-order valence-corrected chi connectivity index (χ1v) is 4.49. The molecule has 0 aliphatic heterocycles. The van der Waals surface area contributed by atoms with Crippen molar-refractivity contribution in [1.82, 2.24) is 0 Å². The molecule has 2 nitrogen and oxygen atoms in total. The van der Waals surface area contributed by atoms with Crippen molar-refractivity contribution >= 4 is 12.6 Å². The minimum Gasteiger partial charge on any atom is -0.506 e. The van der Waals surface area contributed by atoms with Crippen LogP contribution >= 0.6 is 12.6 Å². The first kappa shape index (κ1) is 10.2. The largest absolute Gasteiger partial charge is 0.506 e. The number of aromatic hydroxyl groups is 1. The van der Waals surface area contributed by atoms with Crippen LogP contribution in [0, 0.1) is 0 Å². The number of phenols is 1. The fourth-order valence-electron chi connectivity index (χ4n) is 1.15. The van der Waals surface area contributed by atoms with Crippen molar-refractivity contribution in [3.8, 4) is 5.75 Å². The Morgan fingerprint density at radius 2 is 2.31 bits per heavy atom. The van der Waals surface area contributed by atoms with Crippen molar-refractivity contribution in [3.63, 3.8) is 0 Å². The van der Waals surface area contributed by atoms with Gasteiger partial charge in [0, 0.05) is 16.5 Å². The van der Waals surface area contributed by atoms with Gasteiger partial charge in [-0.3, -0.25) is 0 Å². The molecule has 1 aromatic rings. The minimum absolute atomic E-state index is 0.167. The van der Waals surface area contributed by atoms with E-state index in [1.807, 2.05) is 6.07 Å². The van der Waals surface area contributed by atoms with Crippen LogP contribution in [0.4, 0.5) is 0 Å². The van der Waals surface area contributed by atoms with Gasteiger partial charge in [0.15, 0.2) is 0 Å². The number of para-hydroxylation sites is 1. The SMILES string of the molecule is C=CC[C@@H](N)c1cccc(S)c1O. The number of rotatable bonds is 3. The Morgan fingerprint density at radius 3 is 2.92 bits per heavy atom. The molecule has 1 aromatic carbocycles. The molecule has 0 heterocycles. The van der Waals surface area contributed by atoms with Crippen molar-refractivity contribution in [3.05, 3.63) is 36.4 Å². The van der Waals surface area contributed by atoms with Crippen molar-refractivity contribution in [1.29, 1.82) is 0 Å². The molecule has 0 unspecified atom stereocenters. The predicted molar refractivity (Wildman–Crippen MR) is 57.1 cm³/mol. The highest BCUT2D eigenvalue weighted by molar-refractivity contribution is 7.80. The lowest BCUT2D eigenvalue weighted by Gasteiger charge is -2.12. The Labute approximate surface area is 83.5 Å². The predicted octanol–water partition coefficient (Wildman–Crippen LogP) is 2.26. The van der Waals surface area contributed by atoms with E-state index in [0.29, 0.717) is 16.9 Å². The summed E-state index contributed by atoms with van der Waals surface area (Å²) in [6.07, 6.45) is 2.38. The molecule has 0 aliphatic carbocycles. The smallest absolute Gasteiger partial charge is 0.133 e. The van der Waals surface area contributed by atoms with Gasteiger partial charge in [-0.25, -0.2) is 0 Å². The molecule has 70 valence electrons. The molecule has 0 fully saturated rings. The number of hydrogen-bond acceptors (Lipinski definition) is 3. The maximum Gasteiger partial charge on any atom is 0.133 e. The third kappa shape index (κ3) is 2.26. The quantitative estimate of drug-likeness (QED) is 0.511. The van der Waals surface area contributed by atoms with Gasteiger partial charge in [-0.2, -0.15) is 0 Å². The molecule has 1 rings (SSSR count). The van der Waals surface area contributed by atoms with Crippen LogP contribution in [0.5, 0.6) is 5.75 Å². The first-order valence-electron chi connectivity index (χ1n) is 4.04. The van der Waals surface area contributed by atoms with Crippen LogP contribution in [0.2, 0.25) is 0 Å². The molecule has 0 aliphatic rings. The first-order chi connectivity index (χ1) is 6.16. The molecule has 3 N–H and O–H groups in total. The molecular formula is C10H13NOS. The van der Waals surface area contributed by atoms with Crippen LogP contribution in [0.15, 0.2) is 35.7 Å². The lowest BCUT2D eigenvalue weighted by molar-refractivity contribution is 0.449. The molecular weight excluding hydrogens is 182 g/mol. The summed E-state index contributed by atoms with van der Waals surface area (Å²) in [4.78, 5) is 0.553. The van der Waals surface area contributed by atoms with E-state index >= 15 is 0 Å². The Kier molecular flexibility index (Phi) is 3.39. The van der Waals surface area contributed by atoms with Crippen LogP contribution in [0.25, 0.3) is 0 Å². The second-order valence-electron chi connectivity index (χ2n) is 2.85. The summed E-state index contributed by atoms with van der Waals surface area (Å²) in [6, 6.07) is 5.14. The molecule has 0 saturated carbocycles. The van der Waals surface area contributed by atoms with Crippen LogP contribution < -0.4 is 5.73 Å². The topological polar surface area (TPSA) is 46.2 Å². The van der Waals surface area contributed by atoms with Crippen LogP contribution in [-0.4, -0.2) is 5.11 Å². The molecule has 0 aromatic heterocycles. The van der Waals surface area contributed by atoms with Crippen molar-refractivity contribution in [2.24, 2.45) is 5.73 Å². The van der Waals surface area contributed by atoms with Crippen LogP contribution in [0.1, 0.15) is 18.0 Å². The summed E-state index contributed by atoms with van der Waals surface area (Å²) in [5.41, 5.74) is 6.53. The molecule has 0 amide bonds. The molecule has 0 bridgehead atoms. The second kappa shape index (κ2) is 4.35. The van der Waals surface area contributed by atoms with Crippen LogP contribution in [-0.2, 0) is 0 Å². The monoisotopic (exact) mass is 195 g/mol. The number of thiol groups is 1. The van der Waals surface area contributed by atoms with E-state index in [4.69, 9.17) is 5.73 Å². The highest BCUT2D eigenvalue weighted by atomic mass is 32.1. The minimum atomic E-state index is -0.204. The zero-order chi connectivity index (χ0) is 9.84. The lowest BCUT2D eigenvalue weighted by atomic mass is 10.0. The van der Waals surface area contributed by atoms with Gasteiger partial charge in [-0.1, -0.05) is 18.2 Å².